The second-order valence-corrected chi connectivity index (χ2v) is 19.9. The molecule has 2 aliphatic rings. The lowest BCUT2D eigenvalue weighted by Gasteiger charge is -2.33. The molecule has 0 spiro atoms. The van der Waals surface area contributed by atoms with Gasteiger partial charge in [-0.2, -0.15) is 0 Å². The molecule has 1 heterocycles. The molecule has 2 aliphatic carbocycles. The van der Waals surface area contributed by atoms with Crippen molar-refractivity contribution in [3.8, 4) is 55.6 Å². The minimum atomic E-state index is -0.439. The van der Waals surface area contributed by atoms with Crippen molar-refractivity contribution >= 4 is 39.0 Å². The SMILES string of the molecule is CC1(C)c2ccccc2-c2c(N(c3ccc(-c4ccc5oc6ccccc6c5c4)cc3)c3ccccc3-c3cccc(-c4ccc5c(c4)-c4ccccc4C5(c4ccccc4)c4ccccc4)c3)cccc21. The Morgan fingerprint density at radius 2 is 0.861 bits per heavy atom. The highest BCUT2D eigenvalue weighted by molar-refractivity contribution is 6.06. The fraction of sp³-hybridized carbons (Fsp3) is 0.0571. The second kappa shape index (κ2) is 16.3. The topological polar surface area (TPSA) is 16.4 Å². The number of nitrogens with zero attached hydrogens (tertiary/aromatic N) is 1. The smallest absolute Gasteiger partial charge is 0.135 e. The minimum absolute atomic E-state index is 0.153. The number of hydrogen-bond acceptors (Lipinski definition) is 2. The Morgan fingerprint density at radius 1 is 0.319 bits per heavy atom. The van der Waals surface area contributed by atoms with Crippen LogP contribution in [-0.2, 0) is 10.8 Å². The largest absolute Gasteiger partial charge is 0.456 e. The van der Waals surface area contributed by atoms with Crippen LogP contribution in [0.15, 0.2) is 265 Å². The first kappa shape index (κ1) is 41.9. The molecular weight excluding hydrogens is 871 g/mol. The van der Waals surface area contributed by atoms with E-state index in [0.29, 0.717) is 0 Å². The molecule has 72 heavy (non-hydrogen) atoms. The van der Waals surface area contributed by atoms with Gasteiger partial charge in [-0.3, -0.25) is 0 Å². The van der Waals surface area contributed by atoms with Crippen molar-refractivity contribution in [3.63, 3.8) is 0 Å². The first-order valence-corrected chi connectivity index (χ1v) is 25.1. The monoisotopic (exact) mass is 919 g/mol. The molecule has 0 unspecified atom stereocenters. The molecule has 11 aromatic carbocycles. The Balaban J connectivity index is 0.913. The summed E-state index contributed by atoms with van der Waals surface area (Å²) in [5, 5.41) is 2.26. The van der Waals surface area contributed by atoms with Crippen molar-refractivity contribution in [3.05, 3.63) is 294 Å². The number of rotatable bonds is 8. The van der Waals surface area contributed by atoms with Crippen LogP contribution >= 0.6 is 0 Å². The van der Waals surface area contributed by atoms with Crippen molar-refractivity contribution in [2.24, 2.45) is 0 Å². The highest BCUT2D eigenvalue weighted by Crippen LogP contribution is 2.58. The number of benzene rings is 11. The van der Waals surface area contributed by atoms with Crippen LogP contribution in [-0.4, -0.2) is 0 Å². The van der Waals surface area contributed by atoms with E-state index in [1.807, 2.05) is 12.1 Å². The van der Waals surface area contributed by atoms with E-state index in [-0.39, 0.29) is 5.41 Å². The fourth-order valence-electron chi connectivity index (χ4n) is 12.4. The van der Waals surface area contributed by atoms with Gasteiger partial charge in [-0.15, -0.1) is 0 Å². The number of hydrogen-bond donors (Lipinski definition) is 0. The zero-order valence-electron chi connectivity index (χ0n) is 40.2. The van der Waals surface area contributed by atoms with Gasteiger partial charge in [0.1, 0.15) is 11.2 Å². The first-order chi connectivity index (χ1) is 35.5. The average Bonchev–Trinajstić information content (AvgIpc) is 4.05. The molecule has 0 saturated heterocycles. The minimum Gasteiger partial charge on any atom is -0.456 e. The third-order valence-electron chi connectivity index (χ3n) is 15.8. The lowest BCUT2D eigenvalue weighted by molar-refractivity contribution is 0.660. The molecule has 2 nitrogen and oxygen atoms in total. The summed E-state index contributed by atoms with van der Waals surface area (Å²) in [6.07, 6.45) is 0. The Bertz CT molecular complexity index is 4030. The summed E-state index contributed by atoms with van der Waals surface area (Å²) in [4.78, 5) is 2.49. The van der Waals surface area contributed by atoms with Crippen molar-refractivity contribution in [2.75, 3.05) is 4.90 Å². The van der Waals surface area contributed by atoms with Gasteiger partial charge in [0.15, 0.2) is 0 Å². The zero-order chi connectivity index (χ0) is 48.0. The van der Waals surface area contributed by atoms with E-state index >= 15 is 0 Å². The summed E-state index contributed by atoms with van der Waals surface area (Å²) in [5.74, 6) is 0. The number of furan rings is 1. The normalized spacial score (nSPS) is 13.6. The number of anilines is 3. The Morgan fingerprint density at radius 3 is 1.65 bits per heavy atom. The average molecular weight is 920 g/mol. The molecule has 0 N–H and O–H groups in total. The summed E-state index contributed by atoms with van der Waals surface area (Å²) in [7, 11) is 0. The maximum absolute atomic E-state index is 6.21. The van der Waals surface area contributed by atoms with Crippen molar-refractivity contribution in [1.29, 1.82) is 0 Å². The molecule has 0 bridgehead atoms. The summed E-state index contributed by atoms with van der Waals surface area (Å²) in [6, 6.07) is 96.1. The molecule has 14 rings (SSSR count). The van der Waals surface area contributed by atoms with E-state index in [1.54, 1.807) is 0 Å². The Labute approximate surface area is 420 Å². The maximum atomic E-state index is 6.21. The van der Waals surface area contributed by atoms with E-state index in [0.717, 1.165) is 61.3 Å². The van der Waals surface area contributed by atoms with E-state index in [4.69, 9.17) is 4.42 Å². The van der Waals surface area contributed by atoms with Gasteiger partial charge in [0, 0.05) is 33.0 Å². The van der Waals surface area contributed by atoms with E-state index < -0.39 is 5.41 Å². The van der Waals surface area contributed by atoms with Crippen LogP contribution in [0.2, 0.25) is 0 Å². The van der Waals surface area contributed by atoms with Gasteiger partial charge in [-0.05, 0) is 132 Å². The van der Waals surface area contributed by atoms with E-state index in [1.165, 1.54) is 66.8 Å². The molecule has 340 valence electrons. The standard InChI is InChI=1S/C70H49NO/c1-69(2)60-29-13-10-28-57(60)68-63(69)31-18-33-65(68)71(53-39-35-46(36-40-53)48-38-42-67-59(45-48)56-27-12-16-34-66(56)72-67)64-32-15-11-25-54(64)50-20-17-19-47(43-50)49-37-41-62-58(44-49)55-26-9-14-30-61(55)70(62,51-21-5-3-6-22-51)52-23-7-4-8-24-52/h3-45H,1-2H3. The van der Waals surface area contributed by atoms with Crippen LogP contribution in [0.4, 0.5) is 17.1 Å². The van der Waals surface area contributed by atoms with E-state index in [9.17, 15) is 0 Å². The molecule has 2 heteroatoms. The molecule has 0 atom stereocenters. The Hall–Kier alpha value is -8.98. The highest BCUT2D eigenvalue weighted by atomic mass is 16.3. The van der Waals surface area contributed by atoms with Crippen LogP contribution in [0.25, 0.3) is 77.6 Å². The number of para-hydroxylation sites is 2. The van der Waals surface area contributed by atoms with Crippen molar-refractivity contribution in [2.45, 2.75) is 24.7 Å². The molecule has 1 aromatic heterocycles. The van der Waals surface area contributed by atoms with Gasteiger partial charge in [0.05, 0.1) is 16.8 Å². The molecule has 0 radical (unpaired) electrons. The van der Waals surface area contributed by atoms with Gasteiger partial charge >= 0.3 is 0 Å². The zero-order valence-corrected chi connectivity index (χ0v) is 40.2. The Kier molecular flexibility index (Phi) is 9.50. The quantitative estimate of drug-likeness (QED) is 0.151. The van der Waals surface area contributed by atoms with Crippen LogP contribution in [0.1, 0.15) is 47.2 Å². The second-order valence-electron chi connectivity index (χ2n) is 19.9. The van der Waals surface area contributed by atoms with Crippen LogP contribution in [0.5, 0.6) is 0 Å². The van der Waals surface area contributed by atoms with Crippen LogP contribution < -0.4 is 4.90 Å². The molecule has 0 amide bonds. The van der Waals surface area contributed by atoms with Gasteiger partial charge in [0.2, 0.25) is 0 Å². The molecule has 0 saturated carbocycles. The van der Waals surface area contributed by atoms with Gasteiger partial charge in [-0.1, -0.05) is 220 Å². The van der Waals surface area contributed by atoms with E-state index in [2.05, 4.69) is 267 Å². The molecule has 12 aromatic rings. The van der Waals surface area contributed by atoms with Crippen molar-refractivity contribution < 1.29 is 4.42 Å². The third-order valence-corrected chi connectivity index (χ3v) is 15.8. The van der Waals surface area contributed by atoms with Gasteiger partial charge in [-0.25, -0.2) is 0 Å². The van der Waals surface area contributed by atoms with Crippen molar-refractivity contribution in [1.82, 2.24) is 0 Å². The summed E-state index contributed by atoms with van der Waals surface area (Å²) >= 11 is 0. The van der Waals surface area contributed by atoms with Gasteiger partial charge in [0.25, 0.3) is 0 Å². The summed E-state index contributed by atoms with van der Waals surface area (Å²) in [5.41, 5.74) is 24.5. The molecule has 0 aliphatic heterocycles. The predicted molar refractivity (Wildman–Crippen MR) is 300 cm³/mol. The lowest BCUT2D eigenvalue weighted by Crippen LogP contribution is -2.28. The van der Waals surface area contributed by atoms with Gasteiger partial charge < -0.3 is 9.32 Å². The highest BCUT2D eigenvalue weighted by Gasteiger charge is 2.46. The first-order valence-electron chi connectivity index (χ1n) is 25.1. The van der Waals surface area contributed by atoms with Crippen LogP contribution in [0.3, 0.4) is 0 Å². The third kappa shape index (κ3) is 6.28. The fourth-order valence-corrected chi connectivity index (χ4v) is 12.4. The molecular formula is C70H49NO. The predicted octanol–water partition coefficient (Wildman–Crippen LogP) is 18.7. The summed E-state index contributed by atoms with van der Waals surface area (Å²) in [6.45, 7) is 4.72. The van der Waals surface area contributed by atoms with Crippen LogP contribution in [0, 0.1) is 0 Å². The summed E-state index contributed by atoms with van der Waals surface area (Å²) < 4.78 is 6.21. The number of fused-ring (bicyclic) bond motifs is 9. The lowest BCUT2D eigenvalue weighted by atomic mass is 9.67. The molecule has 0 fully saturated rings. The maximum Gasteiger partial charge on any atom is 0.135 e.